The number of carbonyl (C=O) groups excluding carboxylic acids is 1. The second kappa shape index (κ2) is 9.40. The minimum absolute atomic E-state index is 0.0676. The molecule has 1 aromatic heterocycles. The summed E-state index contributed by atoms with van der Waals surface area (Å²) in [5, 5.41) is 17.0. The molecule has 7 heteroatoms. The fraction of sp³-hybridized carbons (Fsp3) is 0.407. The number of hydrogen-bond acceptors (Lipinski definition) is 4. The van der Waals surface area contributed by atoms with Gasteiger partial charge in [-0.3, -0.25) is 0 Å². The molecule has 0 radical (unpaired) electrons. The number of benzene rings is 2. The van der Waals surface area contributed by atoms with Crippen molar-refractivity contribution in [2.75, 3.05) is 36.5 Å². The van der Waals surface area contributed by atoms with Crippen LogP contribution < -0.4 is 15.5 Å². The molecular formula is C27H31N5O2. The van der Waals surface area contributed by atoms with E-state index >= 15 is 0 Å². The van der Waals surface area contributed by atoms with Crippen molar-refractivity contribution in [3.63, 3.8) is 0 Å². The van der Waals surface area contributed by atoms with Crippen LogP contribution in [0.5, 0.6) is 0 Å². The highest BCUT2D eigenvalue weighted by molar-refractivity contribution is 5.97. The Morgan fingerprint density at radius 1 is 1.12 bits per heavy atom. The lowest BCUT2D eigenvalue weighted by atomic mass is 9.92. The van der Waals surface area contributed by atoms with Crippen LogP contribution in [0.2, 0.25) is 0 Å². The Balaban J connectivity index is 1.55. The van der Waals surface area contributed by atoms with E-state index in [0.29, 0.717) is 6.04 Å². The van der Waals surface area contributed by atoms with E-state index in [1.165, 1.54) is 6.42 Å². The summed E-state index contributed by atoms with van der Waals surface area (Å²) in [6, 6.07) is 17.1. The lowest BCUT2D eigenvalue weighted by Crippen LogP contribution is -2.36. The van der Waals surface area contributed by atoms with Gasteiger partial charge in [0.05, 0.1) is 30.0 Å². The Morgan fingerprint density at radius 2 is 1.85 bits per heavy atom. The highest BCUT2D eigenvalue weighted by Gasteiger charge is 2.28. The van der Waals surface area contributed by atoms with Crippen molar-refractivity contribution in [3.05, 3.63) is 48.0 Å². The largest absolute Gasteiger partial charge is 0.378 e. The Morgan fingerprint density at radius 3 is 2.47 bits per heavy atom. The lowest BCUT2D eigenvalue weighted by Gasteiger charge is -2.31. The first-order valence-corrected chi connectivity index (χ1v) is 12.1. The Kier molecular flexibility index (Phi) is 6.16. The summed E-state index contributed by atoms with van der Waals surface area (Å²) in [6.45, 7) is 7.04. The number of ether oxygens (including phenoxy) is 1. The van der Waals surface area contributed by atoms with Gasteiger partial charge in [0.25, 0.3) is 0 Å². The summed E-state index contributed by atoms with van der Waals surface area (Å²) in [7, 11) is 0. The van der Waals surface area contributed by atoms with Gasteiger partial charge in [0, 0.05) is 41.9 Å². The third kappa shape index (κ3) is 4.22. The number of carbonyl (C=O) groups is 1. The van der Waals surface area contributed by atoms with E-state index in [4.69, 9.17) is 4.74 Å². The SMILES string of the molecule is CC(C)NC(=O)Nc1ccc(-c2c(C#N)c3cc(N4CCOCC4)ccc3n2C2CCC2)cc1. The van der Waals surface area contributed by atoms with Crippen molar-refractivity contribution >= 4 is 28.3 Å². The third-order valence-electron chi connectivity index (χ3n) is 6.75. The molecule has 2 amide bonds. The molecular weight excluding hydrogens is 426 g/mol. The summed E-state index contributed by atoms with van der Waals surface area (Å²) in [5.74, 6) is 0. The van der Waals surface area contributed by atoms with Crippen LogP contribution in [-0.4, -0.2) is 42.9 Å². The fourth-order valence-electron chi connectivity index (χ4n) is 4.88. The normalized spacial score (nSPS) is 16.4. The second-order valence-electron chi connectivity index (χ2n) is 9.42. The van der Waals surface area contributed by atoms with E-state index in [1.54, 1.807) is 0 Å². The number of nitrogens with zero attached hydrogens (tertiary/aromatic N) is 3. The molecule has 2 N–H and O–H groups in total. The zero-order valence-corrected chi connectivity index (χ0v) is 19.8. The van der Waals surface area contributed by atoms with Gasteiger partial charge in [0.1, 0.15) is 6.07 Å². The number of hydrogen-bond donors (Lipinski definition) is 2. The molecule has 0 spiro atoms. The molecule has 2 heterocycles. The zero-order chi connectivity index (χ0) is 23.7. The van der Waals surface area contributed by atoms with Gasteiger partial charge in [-0.05, 0) is 69.0 Å². The van der Waals surface area contributed by atoms with Gasteiger partial charge < -0.3 is 24.8 Å². The van der Waals surface area contributed by atoms with Crippen LogP contribution in [-0.2, 0) is 4.74 Å². The molecule has 34 heavy (non-hydrogen) atoms. The van der Waals surface area contributed by atoms with E-state index < -0.39 is 0 Å². The van der Waals surface area contributed by atoms with Crippen molar-refractivity contribution < 1.29 is 9.53 Å². The highest BCUT2D eigenvalue weighted by Crippen LogP contribution is 2.43. The fourth-order valence-corrected chi connectivity index (χ4v) is 4.88. The van der Waals surface area contributed by atoms with Crippen LogP contribution in [0.25, 0.3) is 22.2 Å². The Hall–Kier alpha value is -3.50. The van der Waals surface area contributed by atoms with Crippen LogP contribution in [0, 0.1) is 11.3 Å². The molecule has 0 unspecified atom stereocenters. The first-order chi connectivity index (χ1) is 16.5. The molecule has 2 fully saturated rings. The number of nitriles is 1. The van der Waals surface area contributed by atoms with E-state index in [2.05, 4.69) is 44.4 Å². The van der Waals surface area contributed by atoms with Gasteiger partial charge in [-0.2, -0.15) is 5.26 Å². The number of anilines is 2. The summed E-state index contributed by atoms with van der Waals surface area (Å²) >= 11 is 0. The molecule has 7 nitrogen and oxygen atoms in total. The van der Waals surface area contributed by atoms with Gasteiger partial charge >= 0.3 is 6.03 Å². The van der Waals surface area contributed by atoms with Crippen LogP contribution in [0.15, 0.2) is 42.5 Å². The van der Waals surface area contributed by atoms with Gasteiger partial charge in [-0.25, -0.2) is 4.79 Å². The molecule has 1 saturated carbocycles. The average Bonchev–Trinajstić information content (AvgIpc) is 3.11. The summed E-state index contributed by atoms with van der Waals surface area (Å²) < 4.78 is 7.88. The predicted octanol–water partition coefficient (Wildman–Crippen LogP) is 5.27. The van der Waals surface area contributed by atoms with Gasteiger partial charge in [0.15, 0.2) is 0 Å². The maximum absolute atomic E-state index is 12.1. The van der Waals surface area contributed by atoms with E-state index in [0.717, 1.165) is 78.2 Å². The van der Waals surface area contributed by atoms with Gasteiger partial charge in [-0.15, -0.1) is 0 Å². The minimum atomic E-state index is -0.223. The average molecular weight is 458 g/mol. The molecule has 2 aromatic carbocycles. The third-order valence-corrected chi connectivity index (χ3v) is 6.75. The number of morpholine rings is 1. The monoisotopic (exact) mass is 457 g/mol. The van der Waals surface area contributed by atoms with Crippen molar-refractivity contribution in [2.45, 2.75) is 45.2 Å². The van der Waals surface area contributed by atoms with E-state index in [9.17, 15) is 10.1 Å². The first kappa shape index (κ1) is 22.3. The number of rotatable bonds is 5. The smallest absolute Gasteiger partial charge is 0.319 e. The van der Waals surface area contributed by atoms with Crippen LogP contribution in [0.4, 0.5) is 16.2 Å². The van der Waals surface area contributed by atoms with Crippen molar-refractivity contribution in [2.24, 2.45) is 0 Å². The van der Waals surface area contributed by atoms with Gasteiger partial charge in [-0.1, -0.05) is 12.1 Å². The summed E-state index contributed by atoms with van der Waals surface area (Å²) in [6.07, 6.45) is 3.47. The van der Waals surface area contributed by atoms with Crippen molar-refractivity contribution in [1.82, 2.24) is 9.88 Å². The van der Waals surface area contributed by atoms with Crippen LogP contribution in [0.3, 0.4) is 0 Å². The second-order valence-corrected chi connectivity index (χ2v) is 9.42. The molecule has 1 aliphatic heterocycles. The molecule has 2 aliphatic rings. The van der Waals surface area contributed by atoms with Crippen LogP contribution in [0.1, 0.15) is 44.7 Å². The predicted molar refractivity (Wildman–Crippen MR) is 135 cm³/mol. The van der Waals surface area contributed by atoms with Crippen molar-refractivity contribution in [1.29, 1.82) is 5.26 Å². The molecule has 176 valence electrons. The summed E-state index contributed by atoms with van der Waals surface area (Å²) in [4.78, 5) is 14.4. The standard InChI is InChI=1S/C27H31N5O2/c1-18(2)29-27(33)30-20-8-6-19(7-9-20)26-24(17-28)23-16-22(31-12-14-34-15-13-31)10-11-25(23)32(26)21-4-3-5-21/h6-11,16,18,21H,3-5,12-15H2,1-2H3,(H2,29,30,33). The molecule has 0 bridgehead atoms. The van der Waals surface area contributed by atoms with E-state index in [-0.39, 0.29) is 12.1 Å². The molecule has 3 aromatic rings. The van der Waals surface area contributed by atoms with Crippen LogP contribution >= 0.6 is 0 Å². The van der Waals surface area contributed by atoms with Crippen molar-refractivity contribution in [3.8, 4) is 17.3 Å². The first-order valence-electron chi connectivity index (χ1n) is 12.1. The quantitative estimate of drug-likeness (QED) is 0.547. The summed E-state index contributed by atoms with van der Waals surface area (Å²) in [5.41, 5.74) is 5.66. The maximum atomic E-state index is 12.1. The number of fused-ring (bicyclic) bond motifs is 1. The van der Waals surface area contributed by atoms with Gasteiger partial charge in [0.2, 0.25) is 0 Å². The topological polar surface area (TPSA) is 82.3 Å². The van der Waals surface area contributed by atoms with E-state index in [1.807, 2.05) is 38.1 Å². The maximum Gasteiger partial charge on any atom is 0.319 e. The number of nitrogens with one attached hydrogen (secondary N) is 2. The molecule has 0 atom stereocenters. The number of aromatic nitrogens is 1. The number of urea groups is 1. The molecule has 1 aliphatic carbocycles. The number of amides is 2. The molecule has 5 rings (SSSR count). The highest BCUT2D eigenvalue weighted by atomic mass is 16.5. The Bertz CT molecular complexity index is 1230. The zero-order valence-electron chi connectivity index (χ0n) is 19.8. The molecule has 1 saturated heterocycles. The minimum Gasteiger partial charge on any atom is -0.378 e. The Labute approximate surface area is 200 Å². The lowest BCUT2D eigenvalue weighted by molar-refractivity contribution is 0.122.